The fraction of sp³-hybridized carbons (Fsp3) is 0.464. The Labute approximate surface area is 234 Å². The van der Waals surface area contributed by atoms with Crippen LogP contribution in [0.5, 0.6) is 0 Å². The van der Waals surface area contributed by atoms with Gasteiger partial charge < -0.3 is 15.0 Å². The molecule has 1 atom stereocenters. The molecule has 39 heavy (non-hydrogen) atoms. The van der Waals surface area contributed by atoms with Crippen LogP contribution in [-0.4, -0.2) is 45.3 Å². The minimum atomic E-state index is -4.03. The van der Waals surface area contributed by atoms with Crippen LogP contribution in [-0.2, 0) is 32.6 Å². The van der Waals surface area contributed by atoms with Crippen LogP contribution in [0.15, 0.2) is 47.4 Å². The number of sulfonamides is 1. The van der Waals surface area contributed by atoms with Crippen LogP contribution in [0.4, 0.5) is 10.5 Å². The van der Waals surface area contributed by atoms with Crippen molar-refractivity contribution in [2.45, 2.75) is 81.3 Å². The zero-order valence-corrected chi connectivity index (χ0v) is 23.4. The Balaban J connectivity index is 1.29. The highest BCUT2D eigenvalue weighted by atomic mass is 35.5. The topological polar surface area (TPSA) is 125 Å². The Morgan fingerprint density at radius 2 is 1.79 bits per heavy atom. The summed E-state index contributed by atoms with van der Waals surface area (Å²) in [5.41, 5.74) is 2.58. The molecule has 0 spiro atoms. The van der Waals surface area contributed by atoms with Crippen molar-refractivity contribution < 1.29 is 22.8 Å². The summed E-state index contributed by atoms with van der Waals surface area (Å²) >= 11 is 6.10. The number of anilines is 1. The number of benzene rings is 2. The maximum absolute atomic E-state index is 12.7. The first-order chi connectivity index (χ1) is 18.7. The Morgan fingerprint density at radius 3 is 2.49 bits per heavy atom. The number of aldehydes is 1. The molecule has 0 saturated heterocycles. The highest BCUT2D eigenvalue weighted by Gasteiger charge is 2.25. The lowest BCUT2D eigenvalue weighted by molar-refractivity contribution is -0.118. The molecule has 2 aromatic carbocycles. The first kappa shape index (κ1) is 29.0. The molecule has 1 fully saturated rings. The summed E-state index contributed by atoms with van der Waals surface area (Å²) in [5.74, 6) is -0.0559. The molecule has 0 bridgehead atoms. The van der Waals surface area contributed by atoms with Gasteiger partial charge in [-0.2, -0.15) is 0 Å². The number of nitrogens with zero attached hydrogens (tertiary/aromatic N) is 1. The quantitative estimate of drug-likeness (QED) is 0.288. The van der Waals surface area contributed by atoms with E-state index in [2.05, 4.69) is 15.4 Å². The van der Waals surface area contributed by atoms with E-state index in [1.807, 2.05) is 17.0 Å². The normalized spacial score (nSPS) is 17.0. The Hall–Kier alpha value is -2.95. The zero-order valence-electron chi connectivity index (χ0n) is 21.8. The van der Waals surface area contributed by atoms with Gasteiger partial charge in [0.25, 0.3) is 10.0 Å². The van der Waals surface area contributed by atoms with Gasteiger partial charge in [-0.3, -0.25) is 10.1 Å². The highest BCUT2D eigenvalue weighted by Crippen LogP contribution is 2.29. The minimum absolute atomic E-state index is 0.0192. The molecule has 0 aromatic heterocycles. The standard InChI is InChI=1S/C28H35ClN4O5S/c29-22-9-14-27-21(16-22)17-30-19-33(27)24(18-34)10-11-25(35)15-20-7-12-26(13-8-20)39(37,38)32-28(36)31-23-5-3-1-2-4-6-23/h7-9,12-14,16,18,23-24,30H,1-6,10-11,15,17,19H2,(H2,31,32,36). The van der Waals surface area contributed by atoms with Crippen molar-refractivity contribution in [2.24, 2.45) is 0 Å². The molecular weight excluding hydrogens is 540 g/mol. The highest BCUT2D eigenvalue weighted by molar-refractivity contribution is 7.90. The maximum atomic E-state index is 12.7. The number of hydrogen-bond acceptors (Lipinski definition) is 7. The van der Waals surface area contributed by atoms with E-state index in [1.54, 1.807) is 18.2 Å². The third-order valence-corrected chi connectivity index (χ3v) is 8.86. The molecule has 1 heterocycles. The van der Waals surface area contributed by atoms with Crippen LogP contribution < -0.4 is 20.3 Å². The summed E-state index contributed by atoms with van der Waals surface area (Å²) in [5, 5.41) is 6.65. The van der Waals surface area contributed by atoms with Gasteiger partial charge in [-0.25, -0.2) is 17.9 Å². The fourth-order valence-corrected chi connectivity index (χ4v) is 6.31. The van der Waals surface area contributed by atoms with Crippen LogP contribution in [0.25, 0.3) is 0 Å². The van der Waals surface area contributed by atoms with Crippen LogP contribution in [0.2, 0.25) is 5.02 Å². The van der Waals surface area contributed by atoms with Gasteiger partial charge >= 0.3 is 6.03 Å². The van der Waals surface area contributed by atoms with Crippen LogP contribution in [0.3, 0.4) is 0 Å². The summed E-state index contributed by atoms with van der Waals surface area (Å²) in [7, 11) is -4.03. The van der Waals surface area contributed by atoms with Gasteiger partial charge in [0.15, 0.2) is 0 Å². The van der Waals surface area contributed by atoms with E-state index in [0.717, 1.165) is 56.1 Å². The second kappa shape index (κ2) is 13.4. The van der Waals surface area contributed by atoms with Crippen molar-refractivity contribution in [1.82, 2.24) is 15.4 Å². The van der Waals surface area contributed by atoms with E-state index < -0.39 is 22.1 Å². The van der Waals surface area contributed by atoms with E-state index in [4.69, 9.17) is 11.6 Å². The van der Waals surface area contributed by atoms with Crippen molar-refractivity contribution in [3.05, 3.63) is 58.6 Å². The molecule has 4 rings (SSSR count). The number of urea groups is 1. The zero-order chi connectivity index (χ0) is 27.8. The predicted octanol–water partition coefficient (Wildman–Crippen LogP) is 4.08. The number of amides is 2. The van der Waals surface area contributed by atoms with Crippen LogP contribution in [0.1, 0.15) is 62.5 Å². The number of nitrogens with one attached hydrogen (secondary N) is 3. The van der Waals surface area contributed by atoms with E-state index in [1.165, 1.54) is 12.1 Å². The maximum Gasteiger partial charge on any atom is 0.328 e. The first-order valence-electron chi connectivity index (χ1n) is 13.4. The molecule has 210 valence electrons. The van der Waals surface area contributed by atoms with E-state index in [-0.39, 0.29) is 29.6 Å². The van der Waals surface area contributed by atoms with Crippen molar-refractivity contribution in [3.8, 4) is 0 Å². The molecule has 2 aromatic rings. The van der Waals surface area contributed by atoms with Crippen molar-refractivity contribution in [2.75, 3.05) is 11.6 Å². The second-order valence-corrected chi connectivity index (χ2v) is 12.3. The smallest absolute Gasteiger partial charge is 0.328 e. The molecule has 2 aliphatic rings. The summed E-state index contributed by atoms with van der Waals surface area (Å²) < 4.78 is 27.4. The number of carbonyl (C=O) groups is 3. The molecule has 11 heteroatoms. The third kappa shape index (κ3) is 8.03. The molecule has 1 aliphatic carbocycles. The number of halogens is 1. The second-order valence-electron chi connectivity index (χ2n) is 10.2. The van der Waals surface area contributed by atoms with Gasteiger partial charge in [0.1, 0.15) is 12.1 Å². The minimum Gasteiger partial charge on any atom is -0.349 e. The SMILES string of the molecule is O=CC(CCC(=O)Cc1ccc(S(=O)(=O)NC(=O)NC2CCCCCC2)cc1)N1CNCc2cc(Cl)ccc21. The van der Waals surface area contributed by atoms with E-state index in [9.17, 15) is 22.8 Å². The molecule has 3 N–H and O–H groups in total. The van der Waals surface area contributed by atoms with Crippen LogP contribution in [0, 0.1) is 0 Å². The summed E-state index contributed by atoms with van der Waals surface area (Å²) in [6, 6.07) is 10.3. The van der Waals surface area contributed by atoms with Crippen molar-refractivity contribution >= 4 is 45.4 Å². The molecular formula is C28H35ClN4O5S. The van der Waals surface area contributed by atoms with Crippen molar-refractivity contribution in [3.63, 3.8) is 0 Å². The van der Waals surface area contributed by atoms with E-state index in [0.29, 0.717) is 30.2 Å². The summed E-state index contributed by atoms with van der Waals surface area (Å²) in [6.07, 6.45) is 7.53. The molecule has 2 amide bonds. The molecule has 1 aliphatic heterocycles. The largest absolute Gasteiger partial charge is 0.349 e. The Kier molecular flexibility index (Phi) is 9.99. The van der Waals surface area contributed by atoms with Crippen LogP contribution >= 0.6 is 11.6 Å². The fourth-order valence-electron chi connectivity index (χ4n) is 5.20. The summed E-state index contributed by atoms with van der Waals surface area (Å²) in [6.45, 7) is 1.15. The number of Topliss-reactive ketones (excluding diaryl/α,β-unsaturated/α-hetero) is 1. The monoisotopic (exact) mass is 574 g/mol. The average Bonchev–Trinajstić information content (AvgIpc) is 3.17. The first-order valence-corrected chi connectivity index (χ1v) is 15.3. The number of hydrogen-bond donors (Lipinski definition) is 3. The van der Waals surface area contributed by atoms with Gasteiger partial charge in [0.2, 0.25) is 0 Å². The van der Waals surface area contributed by atoms with Gasteiger partial charge in [-0.05, 0) is 60.7 Å². The number of carbonyl (C=O) groups excluding carboxylic acids is 3. The van der Waals surface area contributed by atoms with Gasteiger partial charge in [-0.1, -0.05) is 49.4 Å². The third-order valence-electron chi connectivity index (χ3n) is 7.28. The lowest BCUT2D eigenvalue weighted by Crippen LogP contribution is -2.46. The van der Waals surface area contributed by atoms with Crippen molar-refractivity contribution in [1.29, 1.82) is 0 Å². The number of ketones is 1. The lowest BCUT2D eigenvalue weighted by atomic mass is 10.0. The number of fused-ring (bicyclic) bond motifs is 1. The summed E-state index contributed by atoms with van der Waals surface area (Å²) in [4.78, 5) is 38.8. The Morgan fingerprint density at radius 1 is 1.08 bits per heavy atom. The van der Waals surface area contributed by atoms with E-state index >= 15 is 0 Å². The molecule has 0 radical (unpaired) electrons. The Bertz CT molecular complexity index is 1280. The predicted molar refractivity (Wildman–Crippen MR) is 150 cm³/mol. The van der Waals surface area contributed by atoms with Gasteiger partial charge in [-0.15, -0.1) is 0 Å². The lowest BCUT2D eigenvalue weighted by Gasteiger charge is -2.36. The molecule has 9 nitrogen and oxygen atoms in total. The average molecular weight is 575 g/mol. The number of rotatable bonds is 10. The molecule has 1 saturated carbocycles. The molecule has 1 unspecified atom stereocenters. The van der Waals surface area contributed by atoms with Gasteiger partial charge in [0, 0.05) is 36.1 Å². The van der Waals surface area contributed by atoms with Gasteiger partial charge in [0.05, 0.1) is 17.6 Å².